The van der Waals surface area contributed by atoms with Gasteiger partial charge in [-0.1, -0.05) is 48.5 Å². The summed E-state index contributed by atoms with van der Waals surface area (Å²) < 4.78 is 44.5. The van der Waals surface area contributed by atoms with Crippen LogP contribution in [0.4, 0.5) is 13.2 Å². The van der Waals surface area contributed by atoms with Gasteiger partial charge in [0.05, 0.1) is 12.0 Å². The molecule has 3 aromatic carbocycles. The SMILES string of the molecule is O=C(Cc1ccccc1)N1CCC[C@@H]1c1nc2cc(-c3ccc(C(F)(F)F)cc3)ccc2o1. The Bertz CT molecular complexity index is 1280. The molecule has 1 saturated heterocycles. The largest absolute Gasteiger partial charge is 0.438 e. The van der Waals surface area contributed by atoms with Crippen LogP contribution >= 0.6 is 0 Å². The van der Waals surface area contributed by atoms with Crippen molar-refractivity contribution in [3.05, 3.63) is 89.8 Å². The first-order chi connectivity index (χ1) is 15.9. The molecule has 4 aromatic rings. The number of carbonyl (C=O) groups excluding carboxylic acids is 1. The van der Waals surface area contributed by atoms with Crippen molar-refractivity contribution in [2.75, 3.05) is 6.54 Å². The highest BCUT2D eigenvalue weighted by atomic mass is 19.4. The third-order valence-electron chi connectivity index (χ3n) is 6.01. The van der Waals surface area contributed by atoms with Crippen LogP contribution < -0.4 is 0 Å². The molecule has 1 fully saturated rings. The Balaban J connectivity index is 1.38. The maximum atomic E-state index is 12.9. The molecule has 1 aromatic heterocycles. The van der Waals surface area contributed by atoms with Crippen LogP contribution in [0.1, 0.15) is 35.9 Å². The van der Waals surface area contributed by atoms with Gasteiger partial charge in [-0.25, -0.2) is 4.98 Å². The van der Waals surface area contributed by atoms with E-state index >= 15 is 0 Å². The molecule has 1 atom stereocenters. The number of hydrogen-bond donors (Lipinski definition) is 0. The van der Waals surface area contributed by atoms with Crippen molar-refractivity contribution in [2.24, 2.45) is 0 Å². The third-order valence-corrected chi connectivity index (χ3v) is 6.01. The first-order valence-corrected chi connectivity index (χ1v) is 10.8. The minimum Gasteiger partial charge on any atom is -0.438 e. The second-order valence-electron chi connectivity index (χ2n) is 8.22. The third kappa shape index (κ3) is 4.35. The highest BCUT2D eigenvalue weighted by molar-refractivity contribution is 5.81. The number of rotatable bonds is 4. The number of carbonyl (C=O) groups is 1. The molecule has 0 N–H and O–H groups in total. The van der Waals surface area contributed by atoms with Gasteiger partial charge in [0.25, 0.3) is 0 Å². The minimum absolute atomic E-state index is 0.0383. The summed E-state index contributed by atoms with van der Waals surface area (Å²) in [4.78, 5) is 19.4. The first-order valence-electron chi connectivity index (χ1n) is 10.8. The van der Waals surface area contributed by atoms with E-state index in [2.05, 4.69) is 4.98 Å². The molecule has 1 aliphatic rings. The van der Waals surface area contributed by atoms with E-state index < -0.39 is 11.7 Å². The second-order valence-corrected chi connectivity index (χ2v) is 8.22. The number of fused-ring (bicyclic) bond motifs is 1. The summed E-state index contributed by atoms with van der Waals surface area (Å²) in [5.41, 5.74) is 2.90. The van der Waals surface area contributed by atoms with Crippen LogP contribution in [0.5, 0.6) is 0 Å². The van der Waals surface area contributed by atoms with Gasteiger partial charge in [-0.2, -0.15) is 13.2 Å². The maximum Gasteiger partial charge on any atom is 0.416 e. The van der Waals surface area contributed by atoms with E-state index in [0.717, 1.165) is 36.1 Å². The molecule has 0 aliphatic carbocycles. The Morgan fingerprint density at radius 3 is 2.45 bits per heavy atom. The fourth-order valence-electron chi connectivity index (χ4n) is 4.31. The number of oxazole rings is 1. The Morgan fingerprint density at radius 1 is 1.00 bits per heavy atom. The molecule has 0 bridgehead atoms. The van der Waals surface area contributed by atoms with Gasteiger partial charge in [0.1, 0.15) is 11.6 Å². The number of aromatic nitrogens is 1. The minimum atomic E-state index is -4.37. The molecule has 0 spiro atoms. The standard InChI is InChI=1S/C26H21F3N2O2/c27-26(28,29)20-11-8-18(9-12-20)19-10-13-23-21(16-19)30-25(33-23)22-7-4-14-31(22)24(32)15-17-5-2-1-3-6-17/h1-3,5-6,8-13,16,22H,4,7,14-15H2/t22-/m1/s1. The van der Waals surface area contributed by atoms with E-state index in [0.29, 0.717) is 35.5 Å². The van der Waals surface area contributed by atoms with Crippen LogP contribution in [0.2, 0.25) is 0 Å². The predicted octanol–water partition coefficient (Wildman–Crippen LogP) is 6.42. The molecule has 0 saturated carbocycles. The molecule has 2 heterocycles. The quantitative estimate of drug-likeness (QED) is 0.360. The molecule has 7 heteroatoms. The molecule has 4 nitrogen and oxygen atoms in total. The number of benzene rings is 3. The first kappa shape index (κ1) is 21.2. The van der Waals surface area contributed by atoms with Gasteiger partial charge in [0.2, 0.25) is 11.8 Å². The van der Waals surface area contributed by atoms with Gasteiger partial charge < -0.3 is 9.32 Å². The second kappa shape index (κ2) is 8.39. The van der Waals surface area contributed by atoms with Crippen LogP contribution in [-0.4, -0.2) is 22.3 Å². The topological polar surface area (TPSA) is 46.3 Å². The van der Waals surface area contributed by atoms with E-state index in [9.17, 15) is 18.0 Å². The Kier molecular flexibility index (Phi) is 5.40. The van der Waals surface area contributed by atoms with Crippen molar-refractivity contribution < 1.29 is 22.4 Å². The van der Waals surface area contributed by atoms with Gasteiger partial charge in [0, 0.05) is 6.54 Å². The molecule has 168 valence electrons. The average molecular weight is 450 g/mol. The van der Waals surface area contributed by atoms with Gasteiger partial charge in [-0.3, -0.25) is 4.79 Å². The normalized spacial score (nSPS) is 16.5. The lowest BCUT2D eigenvalue weighted by Crippen LogP contribution is -2.32. The van der Waals surface area contributed by atoms with E-state index in [4.69, 9.17) is 4.42 Å². The zero-order valence-electron chi connectivity index (χ0n) is 17.7. The summed E-state index contributed by atoms with van der Waals surface area (Å²) in [6.45, 7) is 0.659. The van der Waals surface area contributed by atoms with Crippen molar-refractivity contribution in [2.45, 2.75) is 31.5 Å². The Hall–Kier alpha value is -3.61. The zero-order valence-corrected chi connectivity index (χ0v) is 17.7. The Labute approximate surface area is 188 Å². The number of amides is 1. The van der Waals surface area contributed by atoms with Crippen molar-refractivity contribution in [3.63, 3.8) is 0 Å². The molecule has 0 unspecified atom stereocenters. The van der Waals surface area contributed by atoms with E-state index in [-0.39, 0.29) is 11.9 Å². The summed E-state index contributed by atoms with van der Waals surface area (Å²) in [7, 11) is 0. The molecule has 33 heavy (non-hydrogen) atoms. The lowest BCUT2D eigenvalue weighted by molar-refractivity contribution is -0.137. The average Bonchev–Trinajstić information content (AvgIpc) is 3.46. The highest BCUT2D eigenvalue weighted by Gasteiger charge is 2.33. The summed E-state index contributed by atoms with van der Waals surface area (Å²) >= 11 is 0. The van der Waals surface area contributed by atoms with Gasteiger partial charge >= 0.3 is 6.18 Å². The van der Waals surface area contributed by atoms with E-state index in [1.807, 2.05) is 35.2 Å². The number of alkyl halides is 3. The fraction of sp³-hybridized carbons (Fsp3) is 0.231. The lowest BCUT2D eigenvalue weighted by Gasteiger charge is -2.22. The number of halogens is 3. The van der Waals surface area contributed by atoms with Gasteiger partial charge in [-0.05, 0) is 53.8 Å². The van der Waals surface area contributed by atoms with Crippen LogP contribution in [0.3, 0.4) is 0 Å². The lowest BCUT2D eigenvalue weighted by atomic mass is 10.0. The van der Waals surface area contributed by atoms with E-state index in [1.54, 1.807) is 18.2 Å². The summed E-state index contributed by atoms with van der Waals surface area (Å²) in [5, 5.41) is 0. The zero-order chi connectivity index (χ0) is 23.0. The van der Waals surface area contributed by atoms with Gasteiger partial charge in [0.15, 0.2) is 5.58 Å². The molecule has 5 rings (SSSR count). The van der Waals surface area contributed by atoms with Crippen LogP contribution in [0, 0.1) is 0 Å². The van der Waals surface area contributed by atoms with Crippen LogP contribution in [0.25, 0.3) is 22.2 Å². The smallest absolute Gasteiger partial charge is 0.416 e. The molecular weight excluding hydrogens is 429 g/mol. The fourth-order valence-corrected chi connectivity index (χ4v) is 4.31. The van der Waals surface area contributed by atoms with Crippen molar-refractivity contribution in [1.82, 2.24) is 9.88 Å². The number of nitrogens with zero attached hydrogens (tertiary/aromatic N) is 2. The Morgan fingerprint density at radius 2 is 1.73 bits per heavy atom. The molecule has 0 radical (unpaired) electrons. The summed E-state index contributed by atoms with van der Waals surface area (Å²) in [6.07, 6.45) is -2.38. The molecule has 1 amide bonds. The highest BCUT2D eigenvalue weighted by Crippen LogP contribution is 2.35. The van der Waals surface area contributed by atoms with Crippen LogP contribution in [0.15, 0.2) is 77.2 Å². The maximum absolute atomic E-state index is 12.9. The van der Waals surface area contributed by atoms with Crippen molar-refractivity contribution in [1.29, 1.82) is 0 Å². The monoisotopic (exact) mass is 450 g/mol. The van der Waals surface area contributed by atoms with Crippen molar-refractivity contribution >= 4 is 17.0 Å². The number of hydrogen-bond acceptors (Lipinski definition) is 3. The summed E-state index contributed by atoms with van der Waals surface area (Å²) in [6, 6.07) is 19.8. The predicted molar refractivity (Wildman–Crippen MR) is 118 cm³/mol. The van der Waals surface area contributed by atoms with E-state index in [1.165, 1.54) is 12.1 Å². The van der Waals surface area contributed by atoms with Crippen molar-refractivity contribution in [3.8, 4) is 11.1 Å². The summed E-state index contributed by atoms with van der Waals surface area (Å²) in [5.74, 6) is 0.532. The number of likely N-dealkylation sites (tertiary alicyclic amines) is 1. The molecule has 1 aliphatic heterocycles. The van der Waals surface area contributed by atoms with Crippen LogP contribution in [-0.2, 0) is 17.4 Å². The van der Waals surface area contributed by atoms with Gasteiger partial charge in [-0.15, -0.1) is 0 Å². The molecular formula is C26H21F3N2O2.